The van der Waals surface area contributed by atoms with Gasteiger partial charge in [-0.05, 0) is 35.8 Å². The van der Waals surface area contributed by atoms with Gasteiger partial charge in [0.05, 0.1) is 20.0 Å². The summed E-state index contributed by atoms with van der Waals surface area (Å²) in [6, 6.07) is 13.2. The van der Waals surface area contributed by atoms with Crippen LogP contribution in [0.25, 0.3) is 0 Å². The lowest BCUT2D eigenvalue weighted by molar-refractivity contribution is -0.147. The summed E-state index contributed by atoms with van der Waals surface area (Å²) in [7, 11) is 2.85. The number of aliphatic carboxylic acids is 1. The predicted octanol–water partition coefficient (Wildman–Crippen LogP) is 4.69. The largest absolute Gasteiger partial charge is 0.497 e. The fraction of sp³-hybridized carbons (Fsp3) is 0.320. The van der Waals surface area contributed by atoms with E-state index in [1.807, 2.05) is 4.90 Å². The van der Waals surface area contributed by atoms with Crippen LogP contribution in [-0.4, -0.2) is 66.0 Å². The topological polar surface area (TPSA) is 93.1 Å². The van der Waals surface area contributed by atoms with Crippen molar-refractivity contribution in [3.8, 4) is 5.75 Å². The number of halogens is 2. The Labute approximate surface area is 219 Å². The number of hydrogen-bond donors (Lipinski definition) is 1. The minimum Gasteiger partial charge on any atom is -0.497 e. The maximum atomic E-state index is 12.7. The molecule has 0 spiro atoms. The second kappa shape index (κ2) is 13.5. The number of rotatable bonds is 9. The first kappa shape index (κ1) is 28.7. The number of carboxylic acids is 1. The smallest absolute Gasteiger partial charge is 0.328 e. The summed E-state index contributed by atoms with van der Waals surface area (Å²) in [6.07, 6.45) is 1.73. The number of carbonyl (C=O) groups excluding carboxylic acids is 2. The molecule has 1 saturated heterocycles. The van der Waals surface area contributed by atoms with Crippen molar-refractivity contribution in [1.82, 2.24) is 4.90 Å². The van der Waals surface area contributed by atoms with E-state index in [0.717, 1.165) is 0 Å². The van der Waals surface area contributed by atoms with Crippen LogP contribution in [0.3, 0.4) is 0 Å². The highest BCUT2D eigenvalue weighted by Gasteiger charge is 2.35. The maximum absolute atomic E-state index is 12.7. The van der Waals surface area contributed by atoms with Crippen LogP contribution in [0.4, 0.5) is 0 Å². The number of esters is 1. The summed E-state index contributed by atoms with van der Waals surface area (Å²) in [5, 5.41) is 9.70. The summed E-state index contributed by atoms with van der Waals surface area (Å²) >= 11 is 7.76. The average Bonchev–Trinajstić information content (AvgIpc) is 2.84. The normalized spacial score (nSPS) is 17.8. The van der Waals surface area contributed by atoms with Crippen molar-refractivity contribution >= 4 is 53.5 Å². The molecule has 0 aliphatic carbocycles. The molecule has 0 amide bonds. The van der Waals surface area contributed by atoms with Crippen LogP contribution in [0.15, 0.2) is 60.2 Å². The van der Waals surface area contributed by atoms with E-state index in [1.54, 1.807) is 55.6 Å². The van der Waals surface area contributed by atoms with E-state index in [9.17, 15) is 19.5 Å². The minimum absolute atomic E-state index is 0. The number of carboxylic acid groups (broad SMARTS) is 1. The van der Waals surface area contributed by atoms with E-state index in [0.29, 0.717) is 40.4 Å². The number of hydrogen-bond acceptors (Lipinski definition) is 7. The number of benzene rings is 2. The van der Waals surface area contributed by atoms with E-state index in [2.05, 4.69) is 0 Å². The van der Waals surface area contributed by atoms with Crippen molar-refractivity contribution in [3.63, 3.8) is 0 Å². The van der Waals surface area contributed by atoms with Gasteiger partial charge >= 0.3 is 11.9 Å². The zero-order valence-electron chi connectivity index (χ0n) is 19.3. The first-order chi connectivity index (χ1) is 16.3. The Morgan fingerprint density at radius 2 is 1.94 bits per heavy atom. The first-order valence-corrected chi connectivity index (χ1v) is 12.0. The van der Waals surface area contributed by atoms with Gasteiger partial charge in [-0.3, -0.25) is 9.69 Å². The average molecular weight is 540 g/mol. The minimum atomic E-state index is -1.08. The first-order valence-electron chi connectivity index (χ1n) is 10.6. The highest BCUT2D eigenvalue weighted by Crippen LogP contribution is 2.35. The Balaban J connectivity index is 0.00000432. The number of Topliss-reactive ketones (excluding diaryl/α,β-unsaturated/α-hetero) is 1. The summed E-state index contributed by atoms with van der Waals surface area (Å²) in [5.41, 5.74) is 1.77. The van der Waals surface area contributed by atoms with E-state index >= 15 is 0 Å². The van der Waals surface area contributed by atoms with Gasteiger partial charge in [-0.15, -0.1) is 24.2 Å². The van der Waals surface area contributed by atoms with Gasteiger partial charge in [0, 0.05) is 35.0 Å². The number of carbonyl (C=O) groups is 3. The molecule has 1 aliphatic heterocycles. The zero-order chi connectivity index (χ0) is 24.7. The van der Waals surface area contributed by atoms with Gasteiger partial charge in [0.2, 0.25) is 0 Å². The molecular formula is C25H27Cl2NO6S. The van der Waals surface area contributed by atoms with Gasteiger partial charge < -0.3 is 14.6 Å². The highest BCUT2D eigenvalue weighted by atomic mass is 35.5. The third-order valence-electron chi connectivity index (χ3n) is 5.58. The molecule has 188 valence electrons. The van der Waals surface area contributed by atoms with Crippen molar-refractivity contribution in [2.75, 3.05) is 33.1 Å². The van der Waals surface area contributed by atoms with Crippen LogP contribution in [0, 0.1) is 0 Å². The van der Waals surface area contributed by atoms with Crippen molar-refractivity contribution in [1.29, 1.82) is 0 Å². The van der Waals surface area contributed by atoms with Crippen molar-refractivity contribution in [3.05, 3.63) is 76.3 Å². The SMILES string of the molecule is COC(=O)[C@H](c1ccccc1Cl)N1CCC(SCC(=O)c2cccc(OC)c2)/C(=C/C(=O)O)C1.Cl. The van der Waals surface area contributed by atoms with Crippen LogP contribution in [0.5, 0.6) is 5.75 Å². The van der Waals surface area contributed by atoms with Gasteiger partial charge in [0.1, 0.15) is 11.8 Å². The lowest BCUT2D eigenvalue weighted by Crippen LogP contribution is -2.43. The Kier molecular flexibility index (Phi) is 11.1. The van der Waals surface area contributed by atoms with Gasteiger partial charge in [0.15, 0.2) is 5.78 Å². The van der Waals surface area contributed by atoms with Crippen LogP contribution < -0.4 is 4.74 Å². The van der Waals surface area contributed by atoms with E-state index in [-0.39, 0.29) is 35.7 Å². The number of thioether (sulfide) groups is 1. The second-order valence-corrected chi connectivity index (χ2v) is 9.32. The molecule has 1 N–H and O–H groups in total. The molecule has 1 unspecified atom stereocenters. The lowest BCUT2D eigenvalue weighted by atomic mass is 9.98. The number of nitrogens with zero attached hydrogens (tertiary/aromatic N) is 1. The standard InChI is InChI=1S/C25H26ClNO6S.ClH/c1-32-18-7-5-6-16(12-18)21(28)15-34-22-10-11-27(14-17(22)13-23(29)30)24(25(31)33-2)19-8-3-4-9-20(19)26;/h3-9,12-13,22,24H,10-11,14-15H2,1-2H3,(H,29,30);1H/b17-13+;/t22?,24-;/m0./s1. The maximum Gasteiger partial charge on any atom is 0.328 e. The molecule has 1 fully saturated rings. The Morgan fingerprint density at radius 3 is 2.60 bits per heavy atom. The fourth-order valence-corrected chi connectivity index (χ4v) is 5.32. The predicted molar refractivity (Wildman–Crippen MR) is 139 cm³/mol. The van der Waals surface area contributed by atoms with Gasteiger partial charge in [-0.2, -0.15) is 0 Å². The molecule has 0 radical (unpaired) electrons. The Hall–Kier alpha value is -2.52. The van der Waals surface area contributed by atoms with E-state index in [4.69, 9.17) is 21.1 Å². The molecule has 2 atom stereocenters. The third kappa shape index (κ3) is 7.48. The number of methoxy groups -OCH3 is 2. The van der Waals surface area contributed by atoms with Crippen molar-refractivity contribution in [2.24, 2.45) is 0 Å². The summed E-state index contributed by atoms with van der Waals surface area (Å²) in [5.74, 6) is -0.815. The molecule has 3 rings (SSSR count). The number of piperidine rings is 1. The molecule has 2 aromatic carbocycles. The van der Waals surface area contributed by atoms with Crippen LogP contribution in [0.1, 0.15) is 28.4 Å². The van der Waals surface area contributed by atoms with Crippen molar-refractivity contribution in [2.45, 2.75) is 17.7 Å². The fourth-order valence-electron chi connectivity index (χ4n) is 3.93. The van der Waals surface area contributed by atoms with Gasteiger partial charge in [0.25, 0.3) is 0 Å². The second-order valence-electron chi connectivity index (χ2n) is 7.72. The molecule has 0 bridgehead atoms. The van der Waals surface area contributed by atoms with Crippen LogP contribution in [-0.2, 0) is 14.3 Å². The van der Waals surface area contributed by atoms with E-state index in [1.165, 1.54) is 24.9 Å². The molecule has 7 nitrogen and oxygen atoms in total. The number of likely N-dealkylation sites (tertiary alicyclic amines) is 1. The van der Waals surface area contributed by atoms with Gasteiger partial charge in [-0.25, -0.2) is 9.59 Å². The van der Waals surface area contributed by atoms with Crippen molar-refractivity contribution < 1.29 is 29.0 Å². The molecule has 1 heterocycles. The quantitative estimate of drug-likeness (QED) is 0.278. The molecule has 1 aliphatic rings. The molecule has 2 aromatic rings. The molecular weight excluding hydrogens is 513 g/mol. The third-order valence-corrected chi connectivity index (χ3v) is 7.30. The monoisotopic (exact) mass is 539 g/mol. The van der Waals surface area contributed by atoms with Crippen LogP contribution in [0.2, 0.25) is 5.02 Å². The Bertz CT molecular complexity index is 1090. The molecule has 35 heavy (non-hydrogen) atoms. The molecule has 0 saturated carbocycles. The van der Waals surface area contributed by atoms with E-state index < -0.39 is 18.0 Å². The number of ketones is 1. The van der Waals surface area contributed by atoms with Gasteiger partial charge in [-0.1, -0.05) is 41.9 Å². The lowest BCUT2D eigenvalue weighted by Gasteiger charge is -2.38. The summed E-state index contributed by atoms with van der Waals surface area (Å²) in [6.45, 7) is 0.745. The molecule has 10 heteroatoms. The number of ether oxygens (including phenoxy) is 2. The van der Waals surface area contributed by atoms with Crippen LogP contribution >= 0.6 is 35.8 Å². The highest BCUT2D eigenvalue weighted by molar-refractivity contribution is 8.00. The summed E-state index contributed by atoms with van der Waals surface area (Å²) in [4.78, 5) is 38.8. The Morgan fingerprint density at radius 1 is 1.20 bits per heavy atom. The molecule has 0 aromatic heterocycles. The summed E-state index contributed by atoms with van der Waals surface area (Å²) < 4.78 is 10.2. The zero-order valence-corrected chi connectivity index (χ0v) is 21.7.